The van der Waals surface area contributed by atoms with E-state index in [0.717, 1.165) is 19.1 Å². The SMILES string of the molecule is COC(C)CN(CCO)C1CC1. The first-order valence-electron chi connectivity index (χ1n) is 4.65. The van der Waals surface area contributed by atoms with Gasteiger partial charge in [-0.15, -0.1) is 0 Å². The summed E-state index contributed by atoms with van der Waals surface area (Å²) >= 11 is 0. The van der Waals surface area contributed by atoms with E-state index in [1.54, 1.807) is 7.11 Å². The van der Waals surface area contributed by atoms with E-state index in [1.165, 1.54) is 12.8 Å². The fourth-order valence-electron chi connectivity index (χ4n) is 1.40. The molecule has 1 N–H and O–H groups in total. The zero-order valence-corrected chi connectivity index (χ0v) is 7.99. The van der Waals surface area contributed by atoms with Crippen molar-refractivity contribution in [3.8, 4) is 0 Å². The summed E-state index contributed by atoms with van der Waals surface area (Å²) in [6.07, 6.45) is 2.85. The Morgan fingerprint density at radius 3 is 2.67 bits per heavy atom. The number of methoxy groups -OCH3 is 1. The Hall–Kier alpha value is -0.120. The lowest BCUT2D eigenvalue weighted by atomic mass is 10.3. The van der Waals surface area contributed by atoms with E-state index in [0.29, 0.717) is 0 Å². The predicted octanol–water partition coefficient (Wildman–Crippen LogP) is 0.478. The molecule has 0 radical (unpaired) electrons. The van der Waals surface area contributed by atoms with Gasteiger partial charge in [0.15, 0.2) is 0 Å². The molecule has 12 heavy (non-hydrogen) atoms. The summed E-state index contributed by atoms with van der Waals surface area (Å²) in [5, 5.41) is 8.82. The van der Waals surface area contributed by atoms with Crippen molar-refractivity contribution in [2.75, 3.05) is 26.8 Å². The number of aliphatic hydroxyl groups is 1. The minimum Gasteiger partial charge on any atom is -0.395 e. The van der Waals surface area contributed by atoms with Gasteiger partial charge >= 0.3 is 0 Å². The number of rotatable bonds is 6. The van der Waals surface area contributed by atoms with Crippen molar-refractivity contribution >= 4 is 0 Å². The van der Waals surface area contributed by atoms with Crippen LogP contribution in [0.4, 0.5) is 0 Å². The van der Waals surface area contributed by atoms with Crippen LogP contribution in [-0.4, -0.2) is 49.0 Å². The maximum absolute atomic E-state index is 8.82. The van der Waals surface area contributed by atoms with Gasteiger partial charge in [0, 0.05) is 26.2 Å². The fraction of sp³-hybridized carbons (Fsp3) is 1.00. The largest absolute Gasteiger partial charge is 0.395 e. The first-order valence-corrected chi connectivity index (χ1v) is 4.65. The minimum absolute atomic E-state index is 0.257. The molecule has 0 aliphatic heterocycles. The second-order valence-electron chi connectivity index (χ2n) is 3.50. The summed E-state index contributed by atoms with van der Waals surface area (Å²) in [6, 6.07) is 0.717. The molecule has 0 heterocycles. The normalized spacial score (nSPS) is 20.0. The average Bonchev–Trinajstić information content (AvgIpc) is 2.86. The number of nitrogens with zero attached hydrogens (tertiary/aromatic N) is 1. The smallest absolute Gasteiger partial charge is 0.0670 e. The second kappa shape index (κ2) is 4.80. The number of hydrogen-bond donors (Lipinski definition) is 1. The molecule has 0 spiro atoms. The van der Waals surface area contributed by atoms with Crippen LogP contribution in [0, 0.1) is 0 Å². The van der Waals surface area contributed by atoms with E-state index in [2.05, 4.69) is 11.8 Å². The van der Waals surface area contributed by atoms with Crippen LogP contribution in [0.5, 0.6) is 0 Å². The molecule has 0 aromatic heterocycles. The fourth-order valence-corrected chi connectivity index (χ4v) is 1.40. The van der Waals surface area contributed by atoms with Crippen molar-refractivity contribution in [2.24, 2.45) is 0 Å². The van der Waals surface area contributed by atoms with E-state index in [-0.39, 0.29) is 12.7 Å². The lowest BCUT2D eigenvalue weighted by Crippen LogP contribution is -2.35. The van der Waals surface area contributed by atoms with Gasteiger partial charge in [-0.25, -0.2) is 0 Å². The molecule has 0 aromatic rings. The zero-order chi connectivity index (χ0) is 8.97. The minimum atomic E-state index is 0.257. The molecule has 1 aliphatic rings. The maximum Gasteiger partial charge on any atom is 0.0670 e. The maximum atomic E-state index is 8.82. The van der Waals surface area contributed by atoms with Gasteiger partial charge in [-0.05, 0) is 19.8 Å². The Morgan fingerprint density at radius 1 is 1.58 bits per heavy atom. The predicted molar refractivity (Wildman–Crippen MR) is 48.2 cm³/mol. The molecule has 0 aromatic carbocycles. The van der Waals surface area contributed by atoms with Gasteiger partial charge in [0.2, 0.25) is 0 Å². The van der Waals surface area contributed by atoms with Crippen LogP contribution in [0.1, 0.15) is 19.8 Å². The molecule has 1 unspecified atom stereocenters. The van der Waals surface area contributed by atoms with Gasteiger partial charge in [0.05, 0.1) is 12.7 Å². The molecule has 1 aliphatic carbocycles. The third-order valence-corrected chi connectivity index (χ3v) is 2.34. The lowest BCUT2D eigenvalue weighted by Gasteiger charge is -2.23. The van der Waals surface area contributed by atoms with Crippen molar-refractivity contribution < 1.29 is 9.84 Å². The average molecular weight is 173 g/mol. The quantitative estimate of drug-likeness (QED) is 0.634. The Balaban J connectivity index is 2.22. The van der Waals surface area contributed by atoms with Crippen molar-refractivity contribution in [3.63, 3.8) is 0 Å². The highest BCUT2D eigenvalue weighted by Crippen LogP contribution is 2.26. The number of aliphatic hydroxyl groups excluding tert-OH is 1. The van der Waals surface area contributed by atoms with Crippen LogP contribution in [-0.2, 0) is 4.74 Å². The van der Waals surface area contributed by atoms with Crippen LogP contribution in [0.3, 0.4) is 0 Å². The highest BCUT2D eigenvalue weighted by atomic mass is 16.5. The van der Waals surface area contributed by atoms with E-state index in [9.17, 15) is 0 Å². The van der Waals surface area contributed by atoms with E-state index < -0.39 is 0 Å². The third kappa shape index (κ3) is 3.09. The molecule has 1 atom stereocenters. The van der Waals surface area contributed by atoms with Gasteiger partial charge in [0.25, 0.3) is 0 Å². The standard InChI is InChI=1S/C9H19NO2/c1-8(12-2)7-10(5-6-11)9-3-4-9/h8-9,11H,3-7H2,1-2H3. The summed E-state index contributed by atoms with van der Waals surface area (Å²) in [5.74, 6) is 0. The summed E-state index contributed by atoms with van der Waals surface area (Å²) in [7, 11) is 1.73. The van der Waals surface area contributed by atoms with Crippen molar-refractivity contribution in [1.29, 1.82) is 0 Å². The van der Waals surface area contributed by atoms with Gasteiger partial charge in [-0.1, -0.05) is 0 Å². The van der Waals surface area contributed by atoms with E-state index >= 15 is 0 Å². The molecule has 1 fully saturated rings. The van der Waals surface area contributed by atoms with Crippen LogP contribution in [0.25, 0.3) is 0 Å². The van der Waals surface area contributed by atoms with Gasteiger partial charge in [-0.3, -0.25) is 4.90 Å². The lowest BCUT2D eigenvalue weighted by molar-refractivity contribution is 0.0667. The Kier molecular flexibility index (Phi) is 3.98. The first kappa shape index (κ1) is 9.96. The van der Waals surface area contributed by atoms with Crippen molar-refractivity contribution in [3.05, 3.63) is 0 Å². The van der Waals surface area contributed by atoms with Crippen LogP contribution in [0.2, 0.25) is 0 Å². The first-order chi connectivity index (χ1) is 5.77. The Labute approximate surface area is 74.3 Å². The summed E-state index contributed by atoms with van der Waals surface area (Å²) in [4.78, 5) is 2.31. The molecule has 3 nitrogen and oxygen atoms in total. The molecule has 0 bridgehead atoms. The summed E-state index contributed by atoms with van der Waals surface area (Å²) in [6.45, 7) is 4.06. The van der Waals surface area contributed by atoms with Gasteiger partial charge < -0.3 is 9.84 Å². The topological polar surface area (TPSA) is 32.7 Å². The Morgan fingerprint density at radius 2 is 2.25 bits per heavy atom. The molecule has 72 valence electrons. The Bertz CT molecular complexity index is 126. The second-order valence-corrected chi connectivity index (χ2v) is 3.50. The number of hydrogen-bond acceptors (Lipinski definition) is 3. The highest BCUT2D eigenvalue weighted by Gasteiger charge is 2.29. The van der Waals surface area contributed by atoms with E-state index in [1.807, 2.05) is 0 Å². The molecule has 1 rings (SSSR count). The highest BCUT2D eigenvalue weighted by molar-refractivity contribution is 4.85. The molecular weight excluding hydrogens is 154 g/mol. The molecule has 0 saturated heterocycles. The zero-order valence-electron chi connectivity index (χ0n) is 7.99. The van der Waals surface area contributed by atoms with Crippen LogP contribution < -0.4 is 0 Å². The summed E-state index contributed by atoms with van der Waals surface area (Å²) in [5.41, 5.74) is 0. The van der Waals surface area contributed by atoms with Crippen molar-refractivity contribution in [1.82, 2.24) is 4.90 Å². The molecule has 0 amide bonds. The summed E-state index contributed by atoms with van der Waals surface area (Å²) < 4.78 is 5.18. The third-order valence-electron chi connectivity index (χ3n) is 2.34. The van der Waals surface area contributed by atoms with Gasteiger partial charge in [-0.2, -0.15) is 0 Å². The van der Waals surface area contributed by atoms with Crippen molar-refractivity contribution in [2.45, 2.75) is 31.9 Å². The van der Waals surface area contributed by atoms with Gasteiger partial charge in [0.1, 0.15) is 0 Å². The molecule has 1 saturated carbocycles. The molecule has 3 heteroatoms. The van der Waals surface area contributed by atoms with Crippen LogP contribution in [0.15, 0.2) is 0 Å². The monoisotopic (exact) mass is 173 g/mol. The van der Waals surface area contributed by atoms with Crippen LogP contribution >= 0.6 is 0 Å². The molecular formula is C9H19NO2. The number of ether oxygens (including phenoxy) is 1. The van der Waals surface area contributed by atoms with E-state index in [4.69, 9.17) is 9.84 Å².